The zero-order valence-electron chi connectivity index (χ0n) is 22.3. The summed E-state index contributed by atoms with van der Waals surface area (Å²) in [5, 5.41) is 8.97. The maximum Gasteiger partial charge on any atom is 0.272 e. The number of halogens is 2. The first-order chi connectivity index (χ1) is 19.7. The summed E-state index contributed by atoms with van der Waals surface area (Å²) >= 11 is 13.9. The lowest BCUT2D eigenvalue weighted by Crippen LogP contribution is -2.30. The Morgan fingerprint density at radius 3 is 2.20 bits per heavy atom. The van der Waals surface area contributed by atoms with Gasteiger partial charge in [0.15, 0.2) is 0 Å². The highest BCUT2D eigenvalue weighted by Crippen LogP contribution is 2.27. The van der Waals surface area contributed by atoms with Crippen LogP contribution in [0.3, 0.4) is 0 Å². The van der Waals surface area contributed by atoms with Crippen molar-refractivity contribution in [1.29, 1.82) is 0 Å². The van der Waals surface area contributed by atoms with Gasteiger partial charge in [0, 0.05) is 21.8 Å². The lowest BCUT2D eigenvalue weighted by molar-refractivity contribution is -0.114. The van der Waals surface area contributed by atoms with Gasteiger partial charge in [-0.2, -0.15) is 0 Å². The monoisotopic (exact) mass is 603 g/mol. The molecule has 0 aliphatic rings. The van der Waals surface area contributed by atoms with Crippen LogP contribution in [0.15, 0.2) is 102 Å². The Balaban J connectivity index is 1.42. The van der Waals surface area contributed by atoms with E-state index in [-0.39, 0.29) is 22.4 Å². The molecule has 0 aliphatic carbocycles. The van der Waals surface area contributed by atoms with Gasteiger partial charge < -0.3 is 16.0 Å². The Bertz CT molecular complexity index is 1610. The number of rotatable bonds is 9. The van der Waals surface area contributed by atoms with Crippen LogP contribution in [-0.2, 0) is 9.59 Å². The smallest absolute Gasteiger partial charge is 0.272 e. The zero-order valence-corrected chi connectivity index (χ0v) is 24.7. The van der Waals surface area contributed by atoms with Crippen LogP contribution in [-0.4, -0.2) is 23.5 Å². The van der Waals surface area contributed by atoms with Gasteiger partial charge in [-0.1, -0.05) is 59.6 Å². The van der Waals surface area contributed by atoms with Crippen LogP contribution >= 0.6 is 35.0 Å². The predicted molar refractivity (Wildman–Crippen MR) is 169 cm³/mol. The average molecular weight is 605 g/mol. The summed E-state index contributed by atoms with van der Waals surface area (Å²) in [5.74, 6) is -0.869. The highest BCUT2D eigenvalue weighted by Gasteiger charge is 2.16. The number of anilines is 2. The van der Waals surface area contributed by atoms with Crippen molar-refractivity contribution in [3.8, 4) is 0 Å². The maximum atomic E-state index is 13.3. The Kier molecular flexibility index (Phi) is 10.2. The fraction of sp³-hybridized carbons (Fsp3) is 0.0938. The second-order valence-electron chi connectivity index (χ2n) is 9.14. The molecule has 0 radical (unpaired) electrons. The van der Waals surface area contributed by atoms with Gasteiger partial charge in [0.1, 0.15) is 5.70 Å². The molecule has 0 atom stereocenters. The molecule has 3 amide bonds. The topological polar surface area (TPSA) is 87.3 Å². The van der Waals surface area contributed by atoms with Crippen molar-refractivity contribution in [3.05, 3.63) is 129 Å². The molecule has 0 saturated heterocycles. The average Bonchev–Trinajstić information content (AvgIpc) is 2.97. The van der Waals surface area contributed by atoms with Gasteiger partial charge in [-0.05, 0) is 91.2 Å². The molecule has 0 unspecified atom stereocenters. The number of benzene rings is 4. The highest BCUT2D eigenvalue weighted by atomic mass is 35.5. The minimum absolute atomic E-state index is 0.00974. The Morgan fingerprint density at radius 1 is 0.780 bits per heavy atom. The third kappa shape index (κ3) is 8.47. The molecular weight excluding hydrogens is 577 g/mol. The number of aryl methyl sites for hydroxylation is 2. The zero-order chi connectivity index (χ0) is 29.4. The fourth-order valence-electron chi connectivity index (χ4n) is 3.73. The van der Waals surface area contributed by atoms with Crippen LogP contribution in [0, 0.1) is 13.8 Å². The van der Waals surface area contributed by atoms with Crippen LogP contribution in [0.1, 0.15) is 27.0 Å². The van der Waals surface area contributed by atoms with Crippen LogP contribution in [0.5, 0.6) is 0 Å². The predicted octanol–water partition coefficient (Wildman–Crippen LogP) is 7.75. The first kappa shape index (κ1) is 29.9. The van der Waals surface area contributed by atoms with Gasteiger partial charge in [0.25, 0.3) is 11.8 Å². The first-order valence-electron chi connectivity index (χ1n) is 12.6. The maximum absolute atomic E-state index is 13.3. The standard InChI is InChI=1S/C32H27Cl2N3O3S/c1-20-11-12-25(17-21(20)2)35-29(38)19-41-26-15-13-24(14-16-26)36-32(40)28(18-23-9-6-10-27(33)30(23)34)37-31(39)22-7-4-3-5-8-22/h3-18H,19H2,1-2H3,(H,35,38)(H,36,40)(H,37,39)/b28-18-. The van der Waals surface area contributed by atoms with E-state index in [1.54, 1.807) is 60.7 Å². The summed E-state index contributed by atoms with van der Waals surface area (Å²) in [6.45, 7) is 4.03. The van der Waals surface area contributed by atoms with Crippen LogP contribution in [0.4, 0.5) is 11.4 Å². The number of amides is 3. The minimum atomic E-state index is -0.543. The van der Waals surface area contributed by atoms with Gasteiger partial charge in [-0.25, -0.2) is 0 Å². The van der Waals surface area contributed by atoms with Gasteiger partial charge in [0.05, 0.1) is 15.8 Å². The van der Waals surface area contributed by atoms with Gasteiger partial charge in [0.2, 0.25) is 5.91 Å². The molecule has 0 aliphatic heterocycles. The van der Waals surface area contributed by atoms with Crippen molar-refractivity contribution in [2.24, 2.45) is 0 Å². The van der Waals surface area contributed by atoms with Crippen molar-refractivity contribution in [3.63, 3.8) is 0 Å². The summed E-state index contributed by atoms with van der Waals surface area (Å²) in [7, 11) is 0. The SMILES string of the molecule is Cc1ccc(NC(=O)CSc2ccc(NC(=O)/C(=C/c3cccc(Cl)c3Cl)NC(=O)c3ccccc3)cc2)cc1C. The molecule has 4 rings (SSSR count). The molecule has 0 bridgehead atoms. The summed E-state index contributed by atoms with van der Waals surface area (Å²) < 4.78 is 0. The quantitative estimate of drug-likeness (QED) is 0.135. The Morgan fingerprint density at radius 2 is 1.49 bits per heavy atom. The van der Waals surface area contributed by atoms with Crippen molar-refractivity contribution < 1.29 is 14.4 Å². The second-order valence-corrected chi connectivity index (χ2v) is 11.0. The van der Waals surface area contributed by atoms with Crippen molar-refractivity contribution >= 4 is 70.1 Å². The van der Waals surface area contributed by atoms with E-state index in [0.29, 0.717) is 21.8 Å². The highest BCUT2D eigenvalue weighted by molar-refractivity contribution is 8.00. The fourth-order valence-corrected chi connectivity index (χ4v) is 4.79. The van der Waals surface area contributed by atoms with Crippen molar-refractivity contribution in [2.75, 3.05) is 16.4 Å². The number of thioether (sulfide) groups is 1. The molecular formula is C32H27Cl2N3O3S. The minimum Gasteiger partial charge on any atom is -0.325 e. The van der Waals surface area contributed by atoms with Crippen molar-refractivity contribution in [2.45, 2.75) is 18.7 Å². The third-order valence-electron chi connectivity index (χ3n) is 6.08. The molecule has 0 fully saturated rings. The van der Waals surface area contributed by atoms with Gasteiger partial charge in [-0.3, -0.25) is 14.4 Å². The first-order valence-corrected chi connectivity index (χ1v) is 14.4. The normalized spacial score (nSPS) is 11.1. The van der Waals surface area contributed by atoms with Crippen LogP contribution in [0.2, 0.25) is 10.0 Å². The van der Waals surface area contributed by atoms with E-state index in [1.807, 2.05) is 44.2 Å². The second kappa shape index (κ2) is 14.0. The molecule has 0 heterocycles. The Labute approximate surface area is 253 Å². The lowest BCUT2D eigenvalue weighted by atomic mass is 10.1. The lowest BCUT2D eigenvalue weighted by Gasteiger charge is -2.12. The molecule has 0 aromatic heterocycles. The molecule has 9 heteroatoms. The van der Waals surface area contributed by atoms with Crippen LogP contribution < -0.4 is 16.0 Å². The van der Waals surface area contributed by atoms with Crippen LogP contribution in [0.25, 0.3) is 6.08 Å². The van der Waals surface area contributed by atoms with Crippen molar-refractivity contribution in [1.82, 2.24) is 5.32 Å². The van der Waals surface area contributed by atoms with E-state index in [2.05, 4.69) is 16.0 Å². The molecule has 4 aromatic rings. The summed E-state index contributed by atoms with van der Waals surface area (Å²) in [6, 6.07) is 26.5. The van der Waals surface area contributed by atoms with Gasteiger partial charge >= 0.3 is 0 Å². The number of hydrogen-bond acceptors (Lipinski definition) is 4. The third-order valence-corrected chi connectivity index (χ3v) is 7.93. The van der Waals surface area contributed by atoms with Gasteiger partial charge in [-0.15, -0.1) is 11.8 Å². The molecule has 3 N–H and O–H groups in total. The Hall–Kier alpha value is -4.04. The molecule has 6 nitrogen and oxygen atoms in total. The molecule has 41 heavy (non-hydrogen) atoms. The summed E-state index contributed by atoms with van der Waals surface area (Å²) in [4.78, 5) is 39.4. The molecule has 0 spiro atoms. The number of carbonyl (C=O) groups is 3. The molecule has 4 aromatic carbocycles. The van der Waals surface area contributed by atoms with E-state index in [1.165, 1.54) is 23.4 Å². The van der Waals surface area contributed by atoms with E-state index in [4.69, 9.17) is 23.2 Å². The number of hydrogen-bond donors (Lipinski definition) is 3. The summed E-state index contributed by atoms with van der Waals surface area (Å²) in [5.41, 5.74) is 4.41. The number of nitrogens with one attached hydrogen (secondary N) is 3. The molecule has 0 saturated carbocycles. The summed E-state index contributed by atoms with van der Waals surface area (Å²) in [6.07, 6.45) is 1.47. The molecule has 208 valence electrons. The largest absolute Gasteiger partial charge is 0.325 e. The van der Waals surface area contributed by atoms with E-state index in [9.17, 15) is 14.4 Å². The van der Waals surface area contributed by atoms with E-state index >= 15 is 0 Å². The van der Waals surface area contributed by atoms with E-state index < -0.39 is 11.8 Å². The number of carbonyl (C=O) groups excluding carboxylic acids is 3. The van der Waals surface area contributed by atoms with E-state index in [0.717, 1.165) is 16.1 Å².